The zero-order valence-corrected chi connectivity index (χ0v) is 13.4. The molecule has 0 heterocycles. The van der Waals surface area contributed by atoms with Crippen molar-refractivity contribution >= 4 is 23.2 Å². The molecule has 4 nitrogen and oxygen atoms in total. The van der Waals surface area contributed by atoms with E-state index in [4.69, 9.17) is 0 Å². The van der Waals surface area contributed by atoms with E-state index in [0.29, 0.717) is 11.3 Å². The van der Waals surface area contributed by atoms with Crippen LogP contribution >= 0.6 is 0 Å². The lowest BCUT2D eigenvalue weighted by Gasteiger charge is -2.23. The first kappa shape index (κ1) is 15.3. The Morgan fingerprint density at radius 2 is 1.70 bits per heavy atom. The standard InChI is InChI=1S/C19H20N2O2/c1-13-7-9-15(10-8-13)19(23)20-17-5-3-4-6-18(17)21(14(2)22)16-11-12-16/h3-10,16H,11-12H2,1-2H3,(H,20,23). The number of carbonyl (C=O) groups is 2. The van der Waals surface area contributed by atoms with Gasteiger partial charge < -0.3 is 10.2 Å². The maximum atomic E-state index is 12.4. The monoisotopic (exact) mass is 308 g/mol. The highest BCUT2D eigenvalue weighted by Crippen LogP contribution is 2.36. The number of nitrogens with one attached hydrogen (secondary N) is 1. The molecule has 2 amide bonds. The summed E-state index contributed by atoms with van der Waals surface area (Å²) in [4.78, 5) is 26.2. The van der Waals surface area contributed by atoms with E-state index in [0.717, 1.165) is 24.1 Å². The minimum absolute atomic E-state index is 0.00420. The summed E-state index contributed by atoms with van der Waals surface area (Å²) in [6.45, 7) is 3.55. The molecule has 2 aromatic rings. The highest BCUT2D eigenvalue weighted by molar-refractivity contribution is 6.07. The first-order chi connectivity index (χ1) is 11.1. The SMILES string of the molecule is CC(=O)N(c1ccccc1NC(=O)c1ccc(C)cc1)C1CC1. The fourth-order valence-corrected chi connectivity index (χ4v) is 2.64. The molecule has 1 aliphatic rings. The zero-order valence-electron chi connectivity index (χ0n) is 13.4. The van der Waals surface area contributed by atoms with Gasteiger partial charge in [0.25, 0.3) is 5.91 Å². The van der Waals surface area contributed by atoms with Crippen molar-refractivity contribution in [3.05, 3.63) is 59.7 Å². The smallest absolute Gasteiger partial charge is 0.255 e. The number of benzene rings is 2. The summed E-state index contributed by atoms with van der Waals surface area (Å²) in [5.74, 6) is -0.165. The molecule has 0 aliphatic heterocycles. The first-order valence-electron chi connectivity index (χ1n) is 7.83. The van der Waals surface area contributed by atoms with Gasteiger partial charge in [0.05, 0.1) is 11.4 Å². The second-order valence-corrected chi connectivity index (χ2v) is 5.96. The number of carbonyl (C=O) groups excluding carboxylic acids is 2. The summed E-state index contributed by atoms with van der Waals surface area (Å²) in [6, 6.07) is 15.1. The van der Waals surface area contributed by atoms with Gasteiger partial charge in [0.2, 0.25) is 5.91 Å². The van der Waals surface area contributed by atoms with Gasteiger partial charge >= 0.3 is 0 Å². The van der Waals surface area contributed by atoms with Crippen molar-refractivity contribution < 1.29 is 9.59 Å². The minimum atomic E-state index is -0.170. The van der Waals surface area contributed by atoms with E-state index < -0.39 is 0 Å². The molecule has 0 radical (unpaired) electrons. The predicted octanol–water partition coefficient (Wildman–Crippen LogP) is 3.76. The predicted molar refractivity (Wildman–Crippen MR) is 91.8 cm³/mol. The molecule has 2 aromatic carbocycles. The summed E-state index contributed by atoms with van der Waals surface area (Å²) < 4.78 is 0. The first-order valence-corrected chi connectivity index (χ1v) is 7.83. The molecule has 1 N–H and O–H groups in total. The lowest BCUT2D eigenvalue weighted by Crippen LogP contribution is -2.31. The maximum absolute atomic E-state index is 12.4. The Hall–Kier alpha value is -2.62. The molecular weight excluding hydrogens is 288 g/mol. The van der Waals surface area contributed by atoms with Crippen LogP contribution in [0.5, 0.6) is 0 Å². The Bertz CT molecular complexity index is 733. The average molecular weight is 308 g/mol. The van der Waals surface area contributed by atoms with Crippen LogP contribution in [0.4, 0.5) is 11.4 Å². The largest absolute Gasteiger partial charge is 0.320 e. The molecule has 1 fully saturated rings. The molecule has 23 heavy (non-hydrogen) atoms. The third-order valence-electron chi connectivity index (χ3n) is 3.98. The number of anilines is 2. The molecular formula is C19H20N2O2. The number of rotatable bonds is 4. The van der Waals surface area contributed by atoms with Crippen LogP contribution in [-0.2, 0) is 4.79 Å². The van der Waals surface area contributed by atoms with Crippen LogP contribution in [0.1, 0.15) is 35.7 Å². The Labute approximate surface area is 136 Å². The highest BCUT2D eigenvalue weighted by atomic mass is 16.2. The second-order valence-electron chi connectivity index (χ2n) is 5.96. The summed E-state index contributed by atoms with van der Waals surface area (Å²) in [7, 11) is 0. The van der Waals surface area contributed by atoms with Crippen LogP contribution in [0.15, 0.2) is 48.5 Å². The van der Waals surface area contributed by atoms with E-state index >= 15 is 0 Å². The number of nitrogens with zero attached hydrogens (tertiary/aromatic N) is 1. The van der Waals surface area contributed by atoms with Crippen LogP contribution in [0.25, 0.3) is 0 Å². The molecule has 1 aliphatic carbocycles. The van der Waals surface area contributed by atoms with Crippen molar-refractivity contribution in [2.24, 2.45) is 0 Å². The van der Waals surface area contributed by atoms with Gasteiger partial charge in [0, 0.05) is 18.5 Å². The lowest BCUT2D eigenvalue weighted by molar-refractivity contribution is -0.116. The quantitative estimate of drug-likeness (QED) is 0.935. The minimum Gasteiger partial charge on any atom is -0.320 e. The third-order valence-corrected chi connectivity index (χ3v) is 3.98. The van der Waals surface area contributed by atoms with Gasteiger partial charge in [-0.15, -0.1) is 0 Å². The van der Waals surface area contributed by atoms with E-state index in [1.807, 2.05) is 43.3 Å². The van der Waals surface area contributed by atoms with Crippen molar-refractivity contribution in [2.75, 3.05) is 10.2 Å². The van der Waals surface area contributed by atoms with E-state index in [1.165, 1.54) is 0 Å². The molecule has 0 saturated heterocycles. The van der Waals surface area contributed by atoms with Crippen LogP contribution in [0.3, 0.4) is 0 Å². The Balaban J connectivity index is 1.87. The number of amides is 2. The summed E-state index contributed by atoms with van der Waals surface area (Å²) in [5, 5.41) is 2.93. The topological polar surface area (TPSA) is 49.4 Å². The van der Waals surface area contributed by atoms with Crippen molar-refractivity contribution in [1.29, 1.82) is 0 Å². The van der Waals surface area contributed by atoms with Crippen molar-refractivity contribution in [1.82, 2.24) is 0 Å². The van der Waals surface area contributed by atoms with Gasteiger partial charge in [-0.2, -0.15) is 0 Å². The Morgan fingerprint density at radius 1 is 1.04 bits per heavy atom. The fraction of sp³-hybridized carbons (Fsp3) is 0.263. The van der Waals surface area contributed by atoms with Crippen LogP contribution < -0.4 is 10.2 Å². The van der Waals surface area contributed by atoms with Gasteiger partial charge in [-0.3, -0.25) is 9.59 Å². The molecule has 3 rings (SSSR count). The highest BCUT2D eigenvalue weighted by Gasteiger charge is 2.33. The molecule has 0 spiro atoms. The molecule has 0 aromatic heterocycles. The Kier molecular flexibility index (Phi) is 4.15. The second kappa shape index (κ2) is 6.24. The van der Waals surface area contributed by atoms with E-state index in [9.17, 15) is 9.59 Å². The summed E-state index contributed by atoms with van der Waals surface area (Å²) in [5.41, 5.74) is 3.15. The van der Waals surface area contributed by atoms with E-state index in [1.54, 1.807) is 24.0 Å². The molecule has 0 bridgehead atoms. The number of para-hydroxylation sites is 2. The van der Waals surface area contributed by atoms with Gasteiger partial charge in [-0.1, -0.05) is 29.8 Å². The maximum Gasteiger partial charge on any atom is 0.255 e. The van der Waals surface area contributed by atoms with E-state index in [-0.39, 0.29) is 17.9 Å². The number of hydrogen-bond acceptors (Lipinski definition) is 2. The van der Waals surface area contributed by atoms with Crippen molar-refractivity contribution in [3.8, 4) is 0 Å². The summed E-state index contributed by atoms with van der Waals surface area (Å²) >= 11 is 0. The van der Waals surface area contributed by atoms with E-state index in [2.05, 4.69) is 5.32 Å². The lowest BCUT2D eigenvalue weighted by atomic mass is 10.1. The molecule has 0 atom stereocenters. The van der Waals surface area contributed by atoms with Crippen molar-refractivity contribution in [3.63, 3.8) is 0 Å². The van der Waals surface area contributed by atoms with Crippen LogP contribution in [-0.4, -0.2) is 17.9 Å². The average Bonchev–Trinajstić information content (AvgIpc) is 3.34. The molecule has 0 unspecified atom stereocenters. The summed E-state index contributed by atoms with van der Waals surface area (Å²) in [6.07, 6.45) is 2.03. The zero-order chi connectivity index (χ0) is 16.4. The van der Waals surface area contributed by atoms with Crippen molar-refractivity contribution in [2.45, 2.75) is 32.7 Å². The Morgan fingerprint density at radius 3 is 2.30 bits per heavy atom. The fourth-order valence-electron chi connectivity index (χ4n) is 2.64. The van der Waals surface area contributed by atoms with Crippen LogP contribution in [0.2, 0.25) is 0 Å². The van der Waals surface area contributed by atoms with Gasteiger partial charge in [-0.05, 0) is 44.0 Å². The third kappa shape index (κ3) is 3.42. The number of hydrogen-bond donors (Lipinski definition) is 1. The normalized spacial score (nSPS) is 13.5. The molecule has 4 heteroatoms. The van der Waals surface area contributed by atoms with Gasteiger partial charge in [0.15, 0.2) is 0 Å². The molecule has 1 saturated carbocycles. The molecule has 118 valence electrons. The van der Waals surface area contributed by atoms with Gasteiger partial charge in [-0.25, -0.2) is 0 Å². The van der Waals surface area contributed by atoms with Crippen LogP contribution in [0, 0.1) is 6.92 Å². The number of aryl methyl sites for hydroxylation is 1. The van der Waals surface area contributed by atoms with Gasteiger partial charge in [0.1, 0.15) is 0 Å².